The van der Waals surface area contributed by atoms with E-state index in [-0.39, 0.29) is 13.2 Å². The van der Waals surface area contributed by atoms with Crippen LogP contribution in [0.3, 0.4) is 0 Å². The minimum absolute atomic E-state index is 0.116. The molecule has 0 aliphatic rings. The van der Waals surface area contributed by atoms with Gasteiger partial charge in [-0.15, -0.1) is 0 Å². The van der Waals surface area contributed by atoms with Crippen molar-refractivity contribution in [2.75, 3.05) is 0 Å². The van der Waals surface area contributed by atoms with Crippen molar-refractivity contribution in [1.82, 2.24) is 9.55 Å². The van der Waals surface area contributed by atoms with Crippen molar-refractivity contribution in [2.24, 2.45) is 0 Å². The van der Waals surface area contributed by atoms with E-state index in [0.29, 0.717) is 5.82 Å². The second-order valence-electron chi connectivity index (χ2n) is 1.79. The Balaban J connectivity index is 2.82. The quantitative estimate of drug-likeness (QED) is 0.619. The molecule has 0 unspecified atom stereocenters. The van der Waals surface area contributed by atoms with Gasteiger partial charge in [0.05, 0.1) is 6.07 Å². The van der Waals surface area contributed by atoms with Gasteiger partial charge in [0.15, 0.2) is 0 Å². The molecule has 0 aliphatic carbocycles. The van der Waals surface area contributed by atoms with E-state index >= 15 is 0 Å². The van der Waals surface area contributed by atoms with Crippen molar-refractivity contribution in [3.05, 3.63) is 18.2 Å². The molecule has 4 heteroatoms. The molecule has 1 heterocycles. The lowest BCUT2D eigenvalue weighted by atomic mass is 10.6. The highest BCUT2D eigenvalue weighted by Gasteiger charge is 1.97. The number of hydrogen-bond donors (Lipinski definition) is 1. The third-order valence-corrected chi connectivity index (χ3v) is 1.18. The lowest BCUT2D eigenvalue weighted by Gasteiger charge is -1.96. The standard InChI is InChI=1S/C6H7N3O/c7-1-3-9-4-2-8-6(9)5-10/h2,4,10H,3,5H2. The molecule has 0 amide bonds. The van der Waals surface area contributed by atoms with Crippen molar-refractivity contribution in [3.63, 3.8) is 0 Å². The average molecular weight is 137 g/mol. The Kier molecular flexibility index (Phi) is 2.03. The SMILES string of the molecule is N#CCn1ccnc1CO. The van der Waals surface area contributed by atoms with Crippen LogP contribution in [0.1, 0.15) is 5.82 Å². The number of nitrogens with zero attached hydrogens (tertiary/aromatic N) is 3. The molecule has 0 bridgehead atoms. The Hall–Kier alpha value is -1.34. The molecular formula is C6H7N3O. The molecule has 0 atom stereocenters. The number of aromatic nitrogens is 2. The Bertz CT molecular complexity index is 248. The van der Waals surface area contributed by atoms with Crippen LogP contribution in [-0.2, 0) is 13.2 Å². The van der Waals surface area contributed by atoms with Gasteiger partial charge >= 0.3 is 0 Å². The van der Waals surface area contributed by atoms with Crippen LogP contribution in [0, 0.1) is 11.3 Å². The van der Waals surface area contributed by atoms with E-state index in [2.05, 4.69) is 4.98 Å². The summed E-state index contributed by atoms with van der Waals surface area (Å²) in [5.74, 6) is 0.529. The largest absolute Gasteiger partial charge is 0.388 e. The highest BCUT2D eigenvalue weighted by Crippen LogP contribution is 1.95. The molecular weight excluding hydrogens is 130 g/mol. The molecule has 0 saturated heterocycles. The first-order valence-electron chi connectivity index (χ1n) is 2.86. The first-order chi connectivity index (χ1) is 4.88. The monoisotopic (exact) mass is 137 g/mol. The maximum atomic E-state index is 8.64. The number of rotatable bonds is 2. The smallest absolute Gasteiger partial charge is 0.135 e. The second-order valence-corrected chi connectivity index (χ2v) is 1.79. The number of aliphatic hydroxyl groups is 1. The van der Waals surface area contributed by atoms with E-state index < -0.39 is 0 Å². The van der Waals surface area contributed by atoms with Crippen molar-refractivity contribution in [2.45, 2.75) is 13.2 Å². The van der Waals surface area contributed by atoms with Crippen LogP contribution in [0.2, 0.25) is 0 Å². The molecule has 1 rings (SSSR count). The Morgan fingerprint density at radius 2 is 2.60 bits per heavy atom. The minimum Gasteiger partial charge on any atom is -0.388 e. The predicted octanol–water partition coefficient (Wildman–Crippen LogP) is -0.101. The van der Waals surface area contributed by atoms with Crippen LogP contribution in [0.15, 0.2) is 12.4 Å². The lowest BCUT2D eigenvalue weighted by molar-refractivity contribution is 0.266. The number of aliphatic hydroxyl groups excluding tert-OH is 1. The molecule has 0 saturated carbocycles. The minimum atomic E-state index is -0.116. The zero-order chi connectivity index (χ0) is 7.40. The fourth-order valence-electron chi connectivity index (χ4n) is 0.712. The van der Waals surface area contributed by atoms with Crippen LogP contribution in [0.5, 0.6) is 0 Å². The van der Waals surface area contributed by atoms with E-state index in [9.17, 15) is 0 Å². The summed E-state index contributed by atoms with van der Waals surface area (Å²) in [5.41, 5.74) is 0. The lowest BCUT2D eigenvalue weighted by Crippen LogP contribution is -2.00. The van der Waals surface area contributed by atoms with Crippen LogP contribution in [0.4, 0.5) is 0 Å². The van der Waals surface area contributed by atoms with Gasteiger partial charge in [-0.3, -0.25) is 0 Å². The number of imidazole rings is 1. The molecule has 0 aliphatic heterocycles. The fourth-order valence-corrected chi connectivity index (χ4v) is 0.712. The van der Waals surface area contributed by atoms with Crippen molar-refractivity contribution in [3.8, 4) is 6.07 Å². The molecule has 52 valence electrons. The topological polar surface area (TPSA) is 61.8 Å². The number of nitriles is 1. The highest BCUT2D eigenvalue weighted by molar-refractivity contribution is 4.92. The van der Waals surface area contributed by atoms with Gasteiger partial charge in [0.25, 0.3) is 0 Å². The molecule has 4 nitrogen and oxygen atoms in total. The molecule has 10 heavy (non-hydrogen) atoms. The van der Waals surface area contributed by atoms with Crippen LogP contribution < -0.4 is 0 Å². The first-order valence-corrected chi connectivity index (χ1v) is 2.86. The van der Waals surface area contributed by atoms with Crippen LogP contribution in [0.25, 0.3) is 0 Å². The fraction of sp³-hybridized carbons (Fsp3) is 0.333. The van der Waals surface area contributed by atoms with E-state index in [1.54, 1.807) is 17.0 Å². The molecule has 0 spiro atoms. The predicted molar refractivity (Wildman–Crippen MR) is 33.8 cm³/mol. The molecule has 1 N–H and O–H groups in total. The van der Waals surface area contributed by atoms with Crippen LogP contribution >= 0.6 is 0 Å². The van der Waals surface area contributed by atoms with E-state index in [1.165, 1.54) is 0 Å². The zero-order valence-electron chi connectivity index (χ0n) is 5.36. The summed E-state index contributed by atoms with van der Waals surface area (Å²) in [6.45, 7) is 0.130. The molecule has 0 aromatic carbocycles. The summed E-state index contributed by atoms with van der Waals surface area (Å²) in [6, 6.07) is 1.96. The van der Waals surface area contributed by atoms with Crippen molar-refractivity contribution in [1.29, 1.82) is 5.26 Å². The zero-order valence-corrected chi connectivity index (χ0v) is 5.36. The maximum absolute atomic E-state index is 8.64. The van der Waals surface area contributed by atoms with Crippen molar-refractivity contribution < 1.29 is 5.11 Å². The highest BCUT2D eigenvalue weighted by atomic mass is 16.3. The van der Waals surface area contributed by atoms with Crippen molar-refractivity contribution >= 4 is 0 Å². The van der Waals surface area contributed by atoms with Gasteiger partial charge in [-0.25, -0.2) is 4.98 Å². The van der Waals surface area contributed by atoms with Gasteiger partial charge in [-0.2, -0.15) is 5.26 Å². The van der Waals surface area contributed by atoms with Crippen LogP contribution in [-0.4, -0.2) is 14.7 Å². The average Bonchev–Trinajstić information content (AvgIpc) is 2.36. The first kappa shape index (κ1) is 6.78. The van der Waals surface area contributed by atoms with Gasteiger partial charge in [-0.05, 0) is 0 Å². The second kappa shape index (κ2) is 2.99. The normalized spacial score (nSPS) is 9.20. The van der Waals surface area contributed by atoms with Gasteiger partial charge in [-0.1, -0.05) is 0 Å². The van der Waals surface area contributed by atoms with E-state index in [4.69, 9.17) is 10.4 Å². The van der Waals surface area contributed by atoms with E-state index in [1.807, 2.05) is 6.07 Å². The van der Waals surface area contributed by atoms with Gasteiger partial charge < -0.3 is 9.67 Å². The summed E-state index contributed by atoms with van der Waals surface area (Å²) >= 11 is 0. The summed E-state index contributed by atoms with van der Waals surface area (Å²) in [7, 11) is 0. The van der Waals surface area contributed by atoms with Gasteiger partial charge in [0, 0.05) is 12.4 Å². The van der Waals surface area contributed by atoms with Gasteiger partial charge in [0.2, 0.25) is 0 Å². The molecule has 0 fully saturated rings. The van der Waals surface area contributed by atoms with Gasteiger partial charge in [0.1, 0.15) is 19.0 Å². The Morgan fingerprint density at radius 3 is 3.20 bits per heavy atom. The summed E-state index contributed by atoms with van der Waals surface area (Å²) in [4.78, 5) is 3.82. The summed E-state index contributed by atoms with van der Waals surface area (Å²) < 4.78 is 1.60. The molecule has 1 aromatic rings. The maximum Gasteiger partial charge on any atom is 0.135 e. The summed E-state index contributed by atoms with van der Waals surface area (Å²) in [6.07, 6.45) is 3.22. The third-order valence-electron chi connectivity index (χ3n) is 1.18. The number of hydrogen-bond acceptors (Lipinski definition) is 3. The Morgan fingerprint density at radius 1 is 1.80 bits per heavy atom. The molecule has 0 radical (unpaired) electrons. The molecule has 1 aromatic heterocycles. The van der Waals surface area contributed by atoms with E-state index in [0.717, 1.165) is 0 Å². The Labute approximate surface area is 58.4 Å². The summed E-state index contributed by atoms with van der Waals surface area (Å²) in [5, 5.41) is 16.9. The third kappa shape index (κ3) is 1.14.